The van der Waals surface area contributed by atoms with Crippen molar-refractivity contribution in [3.8, 4) is 5.75 Å². The zero-order chi connectivity index (χ0) is 13.7. The molecule has 0 bridgehead atoms. The van der Waals surface area contributed by atoms with E-state index in [1.165, 1.54) is 0 Å². The Hall–Kier alpha value is -1.92. The van der Waals surface area contributed by atoms with Crippen molar-refractivity contribution < 1.29 is 14.4 Å². The van der Waals surface area contributed by atoms with Gasteiger partial charge in [0.05, 0.1) is 6.04 Å². The maximum Gasteiger partial charge on any atom is 0.243 e. The normalized spacial score (nSPS) is 12.5. The fourth-order valence-electron chi connectivity index (χ4n) is 1.64. The highest BCUT2D eigenvalue weighted by atomic mass is 16.5. The summed E-state index contributed by atoms with van der Waals surface area (Å²) in [5, 5.41) is 13.0. The Morgan fingerprint density at radius 3 is 2.79 bits per heavy atom. The molecular formula is C13H17N3O3. The first-order valence-corrected chi connectivity index (χ1v) is 6.12. The molecule has 0 aliphatic heterocycles. The average Bonchev–Trinajstić information content (AvgIpc) is 2.88. The molecule has 19 heavy (non-hydrogen) atoms. The van der Waals surface area contributed by atoms with Crippen LogP contribution in [0.4, 0.5) is 0 Å². The summed E-state index contributed by atoms with van der Waals surface area (Å²) in [5.41, 5.74) is 7.00. The van der Waals surface area contributed by atoms with Crippen LogP contribution in [0.2, 0.25) is 0 Å². The van der Waals surface area contributed by atoms with Crippen LogP contribution < -0.4 is 5.73 Å². The summed E-state index contributed by atoms with van der Waals surface area (Å²) in [6.45, 7) is 2.83. The van der Waals surface area contributed by atoms with Gasteiger partial charge in [0, 0.05) is 6.61 Å². The zero-order valence-corrected chi connectivity index (χ0v) is 10.7. The second kappa shape index (κ2) is 6.31. The lowest BCUT2D eigenvalue weighted by Crippen LogP contribution is -2.13. The van der Waals surface area contributed by atoms with Crippen LogP contribution in [0.15, 0.2) is 28.8 Å². The Kier molecular flexibility index (Phi) is 4.48. The summed E-state index contributed by atoms with van der Waals surface area (Å²) in [4.78, 5) is 4.18. The van der Waals surface area contributed by atoms with Gasteiger partial charge in [-0.15, -0.1) is 0 Å². The molecule has 0 saturated carbocycles. The summed E-state index contributed by atoms with van der Waals surface area (Å²) in [5.74, 6) is 1.12. The first-order valence-electron chi connectivity index (χ1n) is 6.12. The van der Waals surface area contributed by atoms with Crippen molar-refractivity contribution in [3.05, 3.63) is 41.5 Å². The molecule has 0 aliphatic rings. The minimum atomic E-state index is -0.368. The van der Waals surface area contributed by atoms with Crippen LogP contribution in [0.5, 0.6) is 5.75 Å². The molecule has 2 rings (SSSR count). The van der Waals surface area contributed by atoms with E-state index in [9.17, 15) is 5.11 Å². The van der Waals surface area contributed by atoms with Crippen LogP contribution in [0.25, 0.3) is 0 Å². The molecule has 0 radical (unpaired) electrons. The molecule has 0 saturated heterocycles. The van der Waals surface area contributed by atoms with Crippen molar-refractivity contribution in [2.45, 2.75) is 26.0 Å². The molecule has 1 heterocycles. The minimum absolute atomic E-state index is 0.231. The molecule has 1 aromatic heterocycles. The third-order valence-electron chi connectivity index (χ3n) is 2.63. The molecule has 0 aliphatic carbocycles. The number of rotatable bonds is 6. The van der Waals surface area contributed by atoms with Crippen LogP contribution in [0.1, 0.15) is 30.2 Å². The van der Waals surface area contributed by atoms with E-state index in [4.69, 9.17) is 15.0 Å². The van der Waals surface area contributed by atoms with E-state index in [1.54, 1.807) is 12.1 Å². The first-order chi connectivity index (χ1) is 9.19. The van der Waals surface area contributed by atoms with Crippen LogP contribution in [0, 0.1) is 0 Å². The van der Waals surface area contributed by atoms with Crippen molar-refractivity contribution >= 4 is 0 Å². The number of phenols is 1. The second-order valence-electron chi connectivity index (χ2n) is 4.16. The van der Waals surface area contributed by atoms with Gasteiger partial charge in [-0.25, -0.2) is 0 Å². The fraction of sp³-hybridized carbons (Fsp3) is 0.385. The van der Waals surface area contributed by atoms with Gasteiger partial charge in [0.25, 0.3) is 0 Å². The largest absolute Gasteiger partial charge is 0.508 e. The van der Waals surface area contributed by atoms with Gasteiger partial charge in [-0.05, 0) is 31.0 Å². The predicted molar refractivity (Wildman–Crippen MR) is 68.4 cm³/mol. The Balaban J connectivity index is 1.97. The maximum atomic E-state index is 9.21. The quantitative estimate of drug-likeness (QED) is 0.821. The number of phenolic OH excluding ortho intramolecular Hbond substituents is 1. The van der Waals surface area contributed by atoms with Crippen LogP contribution in [-0.4, -0.2) is 21.9 Å². The molecular weight excluding hydrogens is 246 g/mol. The van der Waals surface area contributed by atoms with Crippen molar-refractivity contribution in [2.24, 2.45) is 5.73 Å². The standard InChI is InChI=1S/C13H17N3O3/c1-2-18-8-12-15-13(19-16-12)11(14)7-9-3-5-10(17)6-4-9/h3-6,11,17H,2,7-8,14H2,1H3/t11-/m0/s1. The predicted octanol–water partition coefficient (Wildman–Crippen LogP) is 1.55. The molecule has 3 N–H and O–H groups in total. The Morgan fingerprint density at radius 2 is 2.11 bits per heavy atom. The van der Waals surface area contributed by atoms with Crippen molar-refractivity contribution in [2.75, 3.05) is 6.61 Å². The third-order valence-corrected chi connectivity index (χ3v) is 2.63. The summed E-state index contributed by atoms with van der Waals surface area (Å²) in [6.07, 6.45) is 0.566. The van der Waals surface area contributed by atoms with Crippen LogP contribution in [-0.2, 0) is 17.8 Å². The highest BCUT2D eigenvalue weighted by Crippen LogP contribution is 2.17. The number of aromatic nitrogens is 2. The number of hydrogen-bond donors (Lipinski definition) is 2. The number of benzene rings is 1. The number of hydrogen-bond acceptors (Lipinski definition) is 6. The van der Waals surface area contributed by atoms with E-state index >= 15 is 0 Å². The molecule has 0 fully saturated rings. The fourth-order valence-corrected chi connectivity index (χ4v) is 1.64. The SMILES string of the molecule is CCOCc1noc([C@@H](N)Cc2ccc(O)cc2)n1. The lowest BCUT2D eigenvalue weighted by atomic mass is 10.1. The highest BCUT2D eigenvalue weighted by molar-refractivity contribution is 5.26. The number of aromatic hydroxyl groups is 1. The first kappa shape index (κ1) is 13.5. The molecule has 6 heteroatoms. The van der Waals surface area contributed by atoms with E-state index in [2.05, 4.69) is 10.1 Å². The van der Waals surface area contributed by atoms with Gasteiger partial charge in [0.1, 0.15) is 12.4 Å². The molecule has 0 amide bonds. The third kappa shape index (κ3) is 3.77. The zero-order valence-electron chi connectivity index (χ0n) is 10.7. The van der Waals surface area contributed by atoms with E-state index in [1.807, 2.05) is 19.1 Å². The topological polar surface area (TPSA) is 94.4 Å². The minimum Gasteiger partial charge on any atom is -0.508 e. The summed E-state index contributed by atoms with van der Waals surface area (Å²) in [6, 6.07) is 6.50. The Morgan fingerprint density at radius 1 is 1.37 bits per heavy atom. The maximum absolute atomic E-state index is 9.21. The van der Waals surface area contributed by atoms with Gasteiger partial charge in [-0.2, -0.15) is 4.98 Å². The van der Waals surface area contributed by atoms with E-state index in [-0.39, 0.29) is 11.8 Å². The van der Waals surface area contributed by atoms with Crippen molar-refractivity contribution in [3.63, 3.8) is 0 Å². The average molecular weight is 263 g/mol. The summed E-state index contributed by atoms with van der Waals surface area (Å²) in [7, 11) is 0. The number of nitrogens with zero attached hydrogens (tertiary/aromatic N) is 2. The second-order valence-corrected chi connectivity index (χ2v) is 4.16. The van der Waals surface area contributed by atoms with E-state index in [0.29, 0.717) is 31.3 Å². The van der Waals surface area contributed by atoms with E-state index < -0.39 is 0 Å². The smallest absolute Gasteiger partial charge is 0.243 e. The van der Waals surface area contributed by atoms with Crippen LogP contribution in [0.3, 0.4) is 0 Å². The molecule has 0 unspecified atom stereocenters. The molecule has 0 spiro atoms. The van der Waals surface area contributed by atoms with Gasteiger partial charge in [-0.1, -0.05) is 17.3 Å². The van der Waals surface area contributed by atoms with Gasteiger partial charge >= 0.3 is 0 Å². The Labute approximate surface area is 111 Å². The van der Waals surface area contributed by atoms with Gasteiger partial charge in [-0.3, -0.25) is 0 Å². The van der Waals surface area contributed by atoms with Gasteiger partial charge < -0.3 is 20.1 Å². The van der Waals surface area contributed by atoms with Gasteiger partial charge in [0.15, 0.2) is 5.82 Å². The summed E-state index contributed by atoms with van der Waals surface area (Å²) >= 11 is 0. The molecule has 6 nitrogen and oxygen atoms in total. The monoisotopic (exact) mass is 263 g/mol. The molecule has 1 aromatic carbocycles. The lowest BCUT2D eigenvalue weighted by Gasteiger charge is -2.06. The van der Waals surface area contributed by atoms with Crippen molar-refractivity contribution in [1.82, 2.24) is 10.1 Å². The summed E-state index contributed by atoms with van der Waals surface area (Å²) < 4.78 is 10.3. The molecule has 2 aromatic rings. The molecule has 1 atom stereocenters. The van der Waals surface area contributed by atoms with Gasteiger partial charge in [0.2, 0.25) is 5.89 Å². The van der Waals surface area contributed by atoms with Crippen LogP contribution >= 0.6 is 0 Å². The molecule has 102 valence electrons. The Bertz CT molecular complexity index is 510. The van der Waals surface area contributed by atoms with E-state index in [0.717, 1.165) is 5.56 Å². The lowest BCUT2D eigenvalue weighted by molar-refractivity contribution is 0.126. The highest BCUT2D eigenvalue weighted by Gasteiger charge is 2.15. The number of nitrogens with two attached hydrogens (primary N) is 1. The number of ether oxygens (including phenoxy) is 1. The van der Waals surface area contributed by atoms with Crippen molar-refractivity contribution in [1.29, 1.82) is 0 Å².